The summed E-state index contributed by atoms with van der Waals surface area (Å²) in [4.78, 5) is 18.5. The maximum absolute atomic E-state index is 14.0. The van der Waals surface area contributed by atoms with Crippen molar-refractivity contribution >= 4 is 11.0 Å². The van der Waals surface area contributed by atoms with Crippen molar-refractivity contribution in [1.82, 2.24) is 14.5 Å². The zero-order chi connectivity index (χ0) is 16.8. The maximum atomic E-state index is 14.0. The Bertz CT molecular complexity index is 840. The minimum Gasteiger partial charge on any atom is -0.486 e. The number of ether oxygens (including phenoxy) is 1. The molecule has 24 heavy (non-hydrogen) atoms. The second-order valence-electron chi connectivity index (χ2n) is 6.45. The van der Waals surface area contributed by atoms with Crippen LogP contribution < -0.4 is 16.0 Å². The van der Waals surface area contributed by atoms with E-state index in [-0.39, 0.29) is 30.0 Å². The number of aliphatic hydroxyl groups is 1. The fourth-order valence-electron chi connectivity index (χ4n) is 3.54. The summed E-state index contributed by atoms with van der Waals surface area (Å²) in [7, 11) is 0. The van der Waals surface area contributed by atoms with Gasteiger partial charge in [0.25, 0.3) is 5.56 Å². The Hall–Kier alpha value is -2.03. The number of aliphatic hydroxyl groups excluding tert-OH is 1. The average molecular weight is 334 g/mol. The molecule has 1 fully saturated rings. The van der Waals surface area contributed by atoms with Crippen molar-refractivity contribution in [3.63, 3.8) is 0 Å². The summed E-state index contributed by atoms with van der Waals surface area (Å²) in [6.07, 6.45) is 1.22. The molecule has 0 aromatic carbocycles. The minimum absolute atomic E-state index is 0.0784. The van der Waals surface area contributed by atoms with Crippen LogP contribution in [0, 0.1) is 5.82 Å². The molecule has 1 saturated heterocycles. The highest BCUT2D eigenvalue weighted by Gasteiger charge is 2.31. The van der Waals surface area contributed by atoms with Crippen LogP contribution in [0.1, 0.15) is 12.5 Å². The van der Waals surface area contributed by atoms with Crippen LogP contribution in [0.2, 0.25) is 0 Å². The molecule has 3 atom stereocenters. The monoisotopic (exact) mass is 334 g/mol. The lowest BCUT2D eigenvalue weighted by atomic mass is 10.0. The molecule has 0 amide bonds. The first-order valence-electron chi connectivity index (χ1n) is 8.03. The van der Waals surface area contributed by atoms with Crippen LogP contribution in [0.5, 0.6) is 5.75 Å². The average Bonchev–Trinajstić information content (AvgIpc) is 2.57. The van der Waals surface area contributed by atoms with Crippen molar-refractivity contribution in [2.75, 3.05) is 26.2 Å². The van der Waals surface area contributed by atoms with E-state index in [0.29, 0.717) is 30.5 Å². The molecule has 4 rings (SSSR count). The van der Waals surface area contributed by atoms with E-state index in [1.165, 1.54) is 6.07 Å². The molecule has 0 unspecified atom stereocenters. The number of hydrogen-bond donors (Lipinski definition) is 2. The van der Waals surface area contributed by atoms with Crippen molar-refractivity contribution in [3.05, 3.63) is 34.5 Å². The number of pyridine rings is 2. The number of piperidine rings is 1. The maximum Gasteiger partial charge on any atom is 0.251 e. The van der Waals surface area contributed by atoms with Gasteiger partial charge in [-0.25, -0.2) is 4.39 Å². The molecule has 0 spiro atoms. The summed E-state index contributed by atoms with van der Waals surface area (Å²) in [6.45, 7) is 1.93. The van der Waals surface area contributed by atoms with Gasteiger partial charge in [0, 0.05) is 25.2 Å². The number of nitrogens with two attached hydrogens (primary N) is 1. The normalized spacial score (nSPS) is 27.2. The van der Waals surface area contributed by atoms with Gasteiger partial charge in [-0.1, -0.05) is 0 Å². The van der Waals surface area contributed by atoms with Crippen LogP contribution in [-0.4, -0.2) is 57.9 Å². The minimum atomic E-state index is -0.581. The Labute approximate surface area is 137 Å². The fourth-order valence-corrected chi connectivity index (χ4v) is 3.54. The Balaban J connectivity index is 1.71. The molecule has 128 valence electrons. The Morgan fingerprint density at radius 3 is 3.08 bits per heavy atom. The van der Waals surface area contributed by atoms with E-state index >= 15 is 0 Å². The van der Waals surface area contributed by atoms with Crippen molar-refractivity contribution < 1.29 is 14.2 Å². The highest BCUT2D eigenvalue weighted by Crippen LogP contribution is 2.32. The van der Waals surface area contributed by atoms with E-state index in [2.05, 4.69) is 9.88 Å². The largest absolute Gasteiger partial charge is 0.486 e. The van der Waals surface area contributed by atoms with Gasteiger partial charge in [0.15, 0.2) is 11.6 Å². The lowest BCUT2D eigenvalue weighted by Gasteiger charge is -2.37. The molecular weight excluding hydrogens is 315 g/mol. The Morgan fingerprint density at radius 2 is 2.29 bits per heavy atom. The first kappa shape index (κ1) is 15.5. The third kappa shape index (κ3) is 2.47. The number of halogens is 1. The van der Waals surface area contributed by atoms with Gasteiger partial charge in [-0.05, 0) is 19.0 Å². The van der Waals surface area contributed by atoms with Gasteiger partial charge < -0.3 is 15.6 Å². The summed E-state index contributed by atoms with van der Waals surface area (Å²) in [5.41, 5.74) is 6.54. The number of rotatable bonds is 2. The molecule has 2 aliphatic heterocycles. The van der Waals surface area contributed by atoms with Crippen LogP contribution in [0.15, 0.2) is 23.1 Å². The molecule has 0 aliphatic carbocycles. The quantitative estimate of drug-likeness (QED) is 0.794. The molecule has 3 N–H and O–H groups in total. The lowest BCUT2D eigenvalue weighted by Crippen LogP contribution is -2.52. The second-order valence-corrected chi connectivity index (χ2v) is 6.45. The molecule has 0 saturated carbocycles. The predicted molar refractivity (Wildman–Crippen MR) is 85.5 cm³/mol. The number of hydrogen-bond acceptors (Lipinski definition) is 6. The van der Waals surface area contributed by atoms with Crippen molar-refractivity contribution in [3.8, 4) is 5.75 Å². The summed E-state index contributed by atoms with van der Waals surface area (Å²) in [5, 5.41) is 9.95. The first-order valence-corrected chi connectivity index (χ1v) is 8.03. The van der Waals surface area contributed by atoms with Crippen LogP contribution in [0.3, 0.4) is 0 Å². The van der Waals surface area contributed by atoms with E-state index in [4.69, 9.17) is 10.5 Å². The second kappa shape index (κ2) is 5.80. The fraction of sp³-hybridized carbons (Fsp3) is 0.500. The van der Waals surface area contributed by atoms with Gasteiger partial charge in [0.05, 0.1) is 23.9 Å². The van der Waals surface area contributed by atoms with Gasteiger partial charge in [-0.2, -0.15) is 0 Å². The number of nitrogens with zero attached hydrogens (tertiary/aromatic N) is 3. The van der Waals surface area contributed by atoms with Crippen molar-refractivity contribution in [2.45, 2.75) is 24.6 Å². The van der Waals surface area contributed by atoms with E-state index in [9.17, 15) is 14.3 Å². The van der Waals surface area contributed by atoms with Gasteiger partial charge in [0.2, 0.25) is 0 Å². The molecule has 2 aromatic rings. The zero-order valence-corrected chi connectivity index (χ0v) is 13.1. The number of β-amino-alcohol motifs (C(OH)–C–C–N with tert-alkyl or cyclic N) is 1. The van der Waals surface area contributed by atoms with Crippen molar-refractivity contribution in [2.24, 2.45) is 5.73 Å². The molecule has 0 bridgehead atoms. The van der Waals surface area contributed by atoms with E-state index < -0.39 is 11.9 Å². The van der Waals surface area contributed by atoms with Crippen LogP contribution in [-0.2, 0) is 0 Å². The molecular formula is C16H19FN4O3. The van der Waals surface area contributed by atoms with E-state index in [0.717, 1.165) is 12.7 Å². The molecule has 4 heterocycles. The summed E-state index contributed by atoms with van der Waals surface area (Å²) in [5.74, 6) is -0.491. The molecule has 2 aromatic heterocycles. The number of likely N-dealkylation sites (tertiary alicyclic amines) is 1. The molecule has 2 aliphatic rings. The number of aromatic nitrogens is 2. The smallest absolute Gasteiger partial charge is 0.251 e. The summed E-state index contributed by atoms with van der Waals surface area (Å²) >= 11 is 0. The van der Waals surface area contributed by atoms with E-state index in [1.54, 1.807) is 10.6 Å². The van der Waals surface area contributed by atoms with Gasteiger partial charge in [-0.15, -0.1) is 0 Å². The third-order valence-electron chi connectivity index (χ3n) is 4.83. The van der Waals surface area contributed by atoms with Crippen LogP contribution in [0.4, 0.5) is 4.39 Å². The topological polar surface area (TPSA) is 93.6 Å². The van der Waals surface area contributed by atoms with E-state index in [1.807, 2.05) is 0 Å². The van der Waals surface area contributed by atoms with Gasteiger partial charge in [0.1, 0.15) is 12.1 Å². The SMILES string of the molecule is N[C@H]1CCN(C[C@@H]2COc3c(F)cnc4ccc(=O)n2c34)C[C@H]1O. The lowest BCUT2D eigenvalue weighted by molar-refractivity contribution is 0.0414. The van der Waals surface area contributed by atoms with Gasteiger partial charge in [-0.3, -0.25) is 19.2 Å². The highest BCUT2D eigenvalue weighted by molar-refractivity contribution is 5.82. The van der Waals surface area contributed by atoms with Crippen LogP contribution in [0.25, 0.3) is 11.0 Å². The first-order chi connectivity index (χ1) is 11.5. The van der Waals surface area contributed by atoms with Gasteiger partial charge >= 0.3 is 0 Å². The summed E-state index contributed by atoms with van der Waals surface area (Å²) < 4.78 is 21.1. The highest BCUT2D eigenvalue weighted by atomic mass is 19.1. The molecule has 8 heteroatoms. The Morgan fingerprint density at radius 1 is 1.46 bits per heavy atom. The Kier molecular flexibility index (Phi) is 3.75. The standard InChI is InChI=1S/C16H19FN4O3/c17-10-5-19-12-1-2-14(23)21-9(8-24-16(10)15(12)21)6-20-4-3-11(18)13(22)7-20/h1-2,5,9,11,13,22H,3-4,6-8,18H2/t9-,11+,13-/m1/s1. The molecule has 0 radical (unpaired) electrons. The third-order valence-corrected chi connectivity index (χ3v) is 4.83. The molecule has 7 nitrogen and oxygen atoms in total. The van der Waals surface area contributed by atoms with Crippen molar-refractivity contribution in [1.29, 1.82) is 0 Å². The predicted octanol–water partition coefficient (Wildman–Crippen LogP) is -0.137. The van der Waals surface area contributed by atoms with Crippen LogP contribution >= 0.6 is 0 Å². The zero-order valence-electron chi connectivity index (χ0n) is 13.1. The summed E-state index contributed by atoms with van der Waals surface area (Å²) in [6, 6.07) is 2.54.